The first-order chi connectivity index (χ1) is 10.4. The van der Waals surface area contributed by atoms with Gasteiger partial charge in [-0.05, 0) is 43.5 Å². The Labute approximate surface area is 125 Å². The first-order valence-electron chi connectivity index (χ1n) is 7.79. The summed E-state index contributed by atoms with van der Waals surface area (Å²) >= 11 is 0. The Hall–Kier alpha value is -1.87. The van der Waals surface area contributed by atoms with E-state index in [-0.39, 0.29) is 0 Å². The molecule has 3 nitrogen and oxygen atoms in total. The monoisotopic (exact) mass is 280 g/mol. The highest BCUT2D eigenvalue weighted by atomic mass is 16.5. The van der Waals surface area contributed by atoms with Gasteiger partial charge in [-0.15, -0.1) is 0 Å². The number of hydrogen-bond acceptors (Lipinski definition) is 3. The van der Waals surface area contributed by atoms with Crippen LogP contribution in [-0.2, 0) is 0 Å². The third kappa shape index (κ3) is 2.66. The summed E-state index contributed by atoms with van der Waals surface area (Å²) in [5.41, 5.74) is 2.33. The highest BCUT2D eigenvalue weighted by Crippen LogP contribution is 2.30. The van der Waals surface area contributed by atoms with E-state index >= 15 is 0 Å². The van der Waals surface area contributed by atoms with E-state index in [0.717, 1.165) is 18.0 Å². The molecule has 1 atom stereocenters. The second-order valence-corrected chi connectivity index (χ2v) is 6.05. The fourth-order valence-electron chi connectivity index (χ4n) is 3.45. The molecule has 3 saturated heterocycles. The summed E-state index contributed by atoms with van der Waals surface area (Å²) in [5.74, 6) is 1.47. The van der Waals surface area contributed by atoms with Gasteiger partial charge >= 0.3 is 0 Å². The molecule has 0 saturated carbocycles. The van der Waals surface area contributed by atoms with E-state index in [1.54, 1.807) is 0 Å². The van der Waals surface area contributed by atoms with Gasteiger partial charge in [0, 0.05) is 24.4 Å². The Morgan fingerprint density at radius 3 is 2.38 bits per heavy atom. The van der Waals surface area contributed by atoms with Crippen LogP contribution in [0.15, 0.2) is 48.7 Å². The molecule has 1 aromatic carbocycles. The van der Waals surface area contributed by atoms with Crippen molar-refractivity contribution in [2.75, 3.05) is 19.6 Å². The molecule has 21 heavy (non-hydrogen) atoms. The van der Waals surface area contributed by atoms with Crippen LogP contribution in [0.2, 0.25) is 0 Å². The highest BCUT2D eigenvalue weighted by Gasteiger charge is 2.35. The molecule has 0 amide bonds. The average molecular weight is 280 g/mol. The van der Waals surface area contributed by atoms with Crippen LogP contribution < -0.4 is 4.74 Å². The van der Waals surface area contributed by atoms with Crippen LogP contribution in [0.3, 0.4) is 0 Å². The number of aromatic nitrogens is 1. The van der Waals surface area contributed by atoms with Crippen LogP contribution >= 0.6 is 0 Å². The van der Waals surface area contributed by atoms with Gasteiger partial charge in [0.15, 0.2) is 0 Å². The van der Waals surface area contributed by atoms with Gasteiger partial charge < -0.3 is 4.74 Å². The lowest BCUT2D eigenvalue weighted by atomic mass is 9.86. The molecule has 2 aromatic rings. The Morgan fingerprint density at radius 2 is 1.76 bits per heavy atom. The maximum absolute atomic E-state index is 6.13. The normalized spacial score (nSPS) is 27.5. The van der Waals surface area contributed by atoms with Gasteiger partial charge in [0.1, 0.15) is 6.10 Å². The van der Waals surface area contributed by atoms with E-state index in [4.69, 9.17) is 4.74 Å². The third-order valence-electron chi connectivity index (χ3n) is 4.71. The van der Waals surface area contributed by atoms with Crippen LogP contribution in [0.4, 0.5) is 0 Å². The quantitative estimate of drug-likeness (QED) is 0.863. The number of benzene rings is 1. The van der Waals surface area contributed by atoms with Crippen molar-refractivity contribution in [1.29, 1.82) is 0 Å². The molecule has 1 aromatic heterocycles. The smallest absolute Gasteiger partial charge is 0.213 e. The lowest BCUT2D eigenvalue weighted by molar-refractivity contribution is -0.00992. The predicted octanol–water partition coefficient (Wildman–Crippen LogP) is 3.22. The minimum Gasteiger partial charge on any atom is -0.473 e. The fourth-order valence-corrected chi connectivity index (χ4v) is 3.45. The lowest BCUT2D eigenvalue weighted by Crippen LogP contribution is -2.52. The molecule has 5 rings (SSSR count). The summed E-state index contributed by atoms with van der Waals surface area (Å²) in [4.78, 5) is 6.99. The predicted molar refractivity (Wildman–Crippen MR) is 83.3 cm³/mol. The minimum absolute atomic E-state index is 0.322. The van der Waals surface area contributed by atoms with Crippen molar-refractivity contribution in [1.82, 2.24) is 9.88 Å². The van der Waals surface area contributed by atoms with Crippen molar-refractivity contribution in [3.63, 3.8) is 0 Å². The molecule has 0 N–H and O–H groups in total. The second kappa shape index (κ2) is 5.49. The molecule has 0 unspecified atom stereocenters. The topological polar surface area (TPSA) is 25.4 Å². The van der Waals surface area contributed by atoms with Crippen molar-refractivity contribution < 1.29 is 4.74 Å². The van der Waals surface area contributed by atoms with Crippen molar-refractivity contribution in [3.8, 4) is 17.0 Å². The lowest BCUT2D eigenvalue weighted by Gasteiger charge is -2.44. The van der Waals surface area contributed by atoms with Crippen molar-refractivity contribution in [2.45, 2.75) is 18.9 Å². The molecule has 0 radical (unpaired) electrons. The van der Waals surface area contributed by atoms with Gasteiger partial charge in [-0.2, -0.15) is 0 Å². The van der Waals surface area contributed by atoms with Gasteiger partial charge in [0.05, 0.1) is 0 Å². The third-order valence-corrected chi connectivity index (χ3v) is 4.71. The largest absolute Gasteiger partial charge is 0.473 e. The van der Waals surface area contributed by atoms with Gasteiger partial charge in [-0.1, -0.05) is 30.3 Å². The van der Waals surface area contributed by atoms with E-state index in [2.05, 4.69) is 28.1 Å². The average Bonchev–Trinajstić information content (AvgIpc) is 2.57. The van der Waals surface area contributed by atoms with Crippen molar-refractivity contribution in [2.24, 2.45) is 5.92 Å². The Balaban J connectivity index is 1.47. The molecule has 0 spiro atoms. The molecule has 3 aliphatic rings. The molecule has 3 fully saturated rings. The Kier molecular flexibility index (Phi) is 3.36. The van der Waals surface area contributed by atoms with Crippen molar-refractivity contribution >= 4 is 0 Å². The molecule has 2 bridgehead atoms. The molecule has 3 aliphatic heterocycles. The van der Waals surface area contributed by atoms with Gasteiger partial charge in [-0.25, -0.2) is 4.98 Å². The van der Waals surface area contributed by atoms with E-state index in [1.807, 2.05) is 30.5 Å². The SMILES string of the molecule is c1ccc(-c2ccc(O[C@H]3CN4CCC3CC4)nc2)cc1. The van der Waals surface area contributed by atoms with Crippen LogP contribution in [-0.4, -0.2) is 35.6 Å². The molecule has 3 heteroatoms. The summed E-state index contributed by atoms with van der Waals surface area (Å²) in [6, 6.07) is 14.4. The van der Waals surface area contributed by atoms with Crippen LogP contribution in [0.25, 0.3) is 11.1 Å². The van der Waals surface area contributed by atoms with Gasteiger partial charge in [-0.3, -0.25) is 4.90 Å². The zero-order valence-corrected chi connectivity index (χ0v) is 12.1. The number of ether oxygens (including phenoxy) is 1. The maximum atomic E-state index is 6.13. The van der Waals surface area contributed by atoms with Crippen molar-refractivity contribution in [3.05, 3.63) is 48.7 Å². The van der Waals surface area contributed by atoms with Crippen LogP contribution in [0.5, 0.6) is 5.88 Å². The summed E-state index contributed by atoms with van der Waals surface area (Å²) < 4.78 is 6.13. The van der Waals surface area contributed by atoms with E-state index in [1.165, 1.54) is 31.5 Å². The summed E-state index contributed by atoms with van der Waals surface area (Å²) in [7, 11) is 0. The van der Waals surface area contributed by atoms with E-state index in [9.17, 15) is 0 Å². The zero-order valence-electron chi connectivity index (χ0n) is 12.1. The molecule has 0 aliphatic carbocycles. The molecular weight excluding hydrogens is 260 g/mol. The Bertz CT molecular complexity index is 588. The number of fused-ring (bicyclic) bond motifs is 3. The number of piperidine rings is 3. The zero-order chi connectivity index (χ0) is 14.1. The number of hydrogen-bond donors (Lipinski definition) is 0. The standard InChI is InChI=1S/C18H20N2O/c1-2-4-14(5-3-1)16-6-7-18(19-12-16)21-17-13-20-10-8-15(17)9-11-20/h1-7,12,15,17H,8-11,13H2/t17-/m0/s1. The van der Waals surface area contributed by atoms with Crippen LogP contribution in [0.1, 0.15) is 12.8 Å². The minimum atomic E-state index is 0.322. The highest BCUT2D eigenvalue weighted by molar-refractivity contribution is 5.62. The second-order valence-electron chi connectivity index (χ2n) is 6.05. The fraction of sp³-hybridized carbons (Fsp3) is 0.389. The van der Waals surface area contributed by atoms with E-state index < -0.39 is 0 Å². The number of rotatable bonds is 3. The number of nitrogens with zero attached hydrogens (tertiary/aromatic N) is 2. The summed E-state index contributed by atoms with van der Waals surface area (Å²) in [5, 5.41) is 0. The summed E-state index contributed by atoms with van der Waals surface area (Å²) in [6.45, 7) is 3.54. The van der Waals surface area contributed by atoms with E-state index in [0.29, 0.717) is 12.0 Å². The van der Waals surface area contributed by atoms with Gasteiger partial charge in [0.25, 0.3) is 0 Å². The molecule has 4 heterocycles. The summed E-state index contributed by atoms with van der Waals surface area (Å²) in [6.07, 6.45) is 4.77. The molecule has 108 valence electrons. The van der Waals surface area contributed by atoms with Crippen LogP contribution in [0, 0.1) is 5.92 Å². The number of pyridine rings is 1. The first-order valence-corrected chi connectivity index (χ1v) is 7.79. The molecular formula is C18H20N2O. The Morgan fingerprint density at radius 1 is 0.952 bits per heavy atom. The first kappa shape index (κ1) is 12.8. The van der Waals surface area contributed by atoms with Gasteiger partial charge in [0.2, 0.25) is 5.88 Å². The maximum Gasteiger partial charge on any atom is 0.213 e.